The summed E-state index contributed by atoms with van der Waals surface area (Å²) in [4.78, 5) is 43.4. The van der Waals surface area contributed by atoms with Crippen molar-refractivity contribution < 1.29 is 23.9 Å². The molecule has 1 unspecified atom stereocenters. The largest absolute Gasteiger partial charge is 0.462 e. The summed E-state index contributed by atoms with van der Waals surface area (Å²) in [7, 11) is 0. The summed E-state index contributed by atoms with van der Waals surface area (Å²) >= 11 is 4.17. The first kappa shape index (κ1) is 26.7. The summed E-state index contributed by atoms with van der Waals surface area (Å²) in [6.45, 7) is 8.06. The van der Waals surface area contributed by atoms with E-state index in [0.717, 1.165) is 21.7 Å². The van der Waals surface area contributed by atoms with Crippen LogP contribution < -0.4 is 4.90 Å². The molecule has 0 bridgehead atoms. The van der Waals surface area contributed by atoms with Crippen molar-refractivity contribution in [2.24, 2.45) is 0 Å². The number of esters is 2. The summed E-state index contributed by atoms with van der Waals surface area (Å²) in [5.74, 6) is -0.948. The molecule has 0 radical (unpaired) electrons. The van der Waals surface area contributed by atoms with Crippen molar-refractivity contribution in [2.45, 2.75) is 37.3 Å². The summed E-state index contributed by atoms with van der Waals surface area (Å²) in [6, 6.07) is 17.0. The Bertz CT molecular complexity index is 1410. The van der Waals surface area contributed by atoms with Crippen molar-refractivity contribution in [1.82, 2.24) is 0 Å². The minimum atomic E-state index is -0.811. The van der Waals surface area contributed by atoms with Gasteiger partial charge >= 0.3 is 11.9 Å². The Kier molecular flexibility index (Phi) is 7.28. The first-order chi connectivity index (χ1) is 18.2. The molecule has 3 aliphatic heterocycles. The lowest BCUT2D eigenvalue weighted by Gasteiger charge is -2.49. The van der Waals surface area contributed by atoms with E-state index in [1.54, 1.807) is 19.3 Å². The first-order valence-electron chi connectivity index (χ1n) is 12.3. The Morgan fingerprint density at radius 2 is 1.50 bits per heavy atom. The summed E-state index contributed by atoms with van der Waals surface area (Å²) in [5.41, 5.74) is 2.40. The smallest absolute Gasteiger partial charge is 0.345 e. The molecule has 2 aromatic rings. The Morgan fingerprint density at radius 1 is 0.868 bits per heavy atom. The number of fused-ring (bicyclic) bond motifs is 3. The van der Waals surface area contributed by atoms with Crippen LogP contribution in [-0.4, -0.2) is 40.7 Å². The van der Waals surface area contributed by atoms with Crippen molar-refractivity contribution >= 4 is 64.4 Å². The number of carbonyl (C=O) groups excluding carboxylic acids is 3. The fourth-order valence-electron chi connectivity index (χ4n) is 4.81. The van der Waals surface area contributed by atoms with Crippen LogP contribution in [0.3, 0.4) is 0 Å². The highest BCUT2D eigenvalue weighted by Gasteiger charge is 2.54. The number of para-hydroxylation sites is 1. The lowest BCUT2D eigenvalue weighted by atomic mass is 9.84. The van der Waals surface area contributed by atoms with Crippen LogP contribution in [0, 0.1) is 0 Å². The molecule has 5 rings (SSSR count). The van der Waals surface area contributed by atoms with Crippen LogP contribution in [0.2, 0.25) is 0 Å². The predicted octanol–water partition coefficient (Wildman–Crippen LogP) is 6.61. The molecule has 0 N–H and O–H groups in total. The maximum atomic E-state index is 14.0. The van der Waals surface area contributed by atoms with Gasteiger partial charge in [0.25, 0.3) is 5.91 Å². The van der Waals surface area contributed by atoms with E-state index in [-0.39, 0.29) is 19.1 Å². The molecule has 9 heteroatoms. The van der Waals surface area contributed by atoms with Gasteiger partial charge in [0.05, 0.1) is 29.3 Å². The number of hydrogen-bond acceptors (Lipinski definition) is 8. The van der Waals surface area contributed by atoms with Gasteiger partial charge < -0.3 is 9.47 Å². The summed E-state index contributed by atoms with van der Waals surface area (Å²) in [6.07, 6.45) is 1.90. The summed E-state index contributed by atoms with van der Waals surface area (Å²) in [5, 5.41) is 1.81. The fourth-order valence-corrected chi connectivity index (χ4v) is 9.20. The van der Waals surface area contributed by atoms with Gasteiger partial charge in [-0.05, 0) is 57.4 Å². The van der Waals surface area contributed by atoms with Gasteiger partial charge in [-0.15, -0.1) is 11.8 Å². The summed E-state index contributed by atoms with van der Waals surface area (Å²) < 4.78 is 9.88. The van der Waals surface area contributed by atoms with Gasteiger partial charge in [0, 0.05) is 21.6 Å². The number of ether oxygens (including phenoxy) is 2. The minimum Gasteiger partial charge on any atom is -0.462 e. The number of hydrogen-bond donors (Lipinski definition) is 0. The Hall–Kier alpha value is -2.88. The van der Waals surface area contributed by atoms with E-state index in [2.05, 4.69) is 0 Å². The van der Waals surface area contributed by atoms with Crippen molar-refractivity contribution in [2.75, 3.05) is 18.1 Å². The van der Waals surface area contributed by atoms with Gasteiger partial charge in [-0.2, -0.15) is 0 Å². The molecule has 196 valence electrons. The maximum absolute atomic E-state index is 14.0. The highest BCUT2D eigenvalue weighted by molar-refractivity contribution is 8.25. The van der Waals surface area contributed by atoms with Crippen molar-refractivity contribution in [3.05, 3.63) is 91.9 Å². The highest BCUT2D eigenvalue weighted by atomic mass is 32.2. The lowest BCUT2D eigenvalue weighted by molar-refractivity contribution is -0.138. The molecular weight excluding hydrogens is 539 g/mol. The zero-order valence-corrected chi connectivity index (χ0v) is 23.9. The molecule has 3 heterocycles. The van der Waals surface area contributed by atoms with E-state index in [9.17, 15) is 14.4 Å². The number of amides is 1. The molecule has 6 nitrogen and oxygen atoms in total. The van der Waals surface area contributed by atoms with E-state index >= 15 is 0 Å². The SMILES string of the molecule is CCOC(=O)C1=CC2(SC=C(C(=O)OCC)S2)C2=C(S1)C(C)(C)N(C(=O)c1ccccc1)c1ccccc12. The molecule has 1 atom stereocenters. The Morgan fingerprint density at radius 3 is 2.18 bits per heavy atom. The van der Waals surface area contributed by atoms with Crippen LogP contribution in [0.1, 0.15) is 43.6 Å². The van der Waals surface area contributed by atoms with Crippen LogP contribution in [0.5, 0.6) is 0 Å². The zero-order valence-electron chi connectivity index (χ0n) is 21.5. The van der Waals surface area contributed by atoms with Gasteiger partial charge in [0.15, 0.2) is 0 Å². The molecule has 0 aromatic heterocycles. The maximum Gasteiger partial charge on any atom is 0.345 e. The molecular formula is C29H27NO5S3. The number of thioether (sulfide) groups is 3. The average Bonchev–Trinajstić information content (AvgIpc) is 3.33. The van der Waals surface area contributed by atoms with E-state index in [1.165, 1.54) is 35.3 Å². The number of rotatable bonds is 5. The van der Waals surface area contributed by atoms with E-state index in [4.69, 9.17) is 9.47 Å². The van der Waals surface area contributed by atoms with Gasteiger partial charge in [-0.1, -0.05) is 59.9 Å². The number of anilines is 1. The van der Waals surface area contributed by atoms with E-state index < -0.39 is 21.6 Å². The third kappa shape index (κ3) is 4.40. The molecule has 0 saturated carbocycles. The molecule has 1 amide bonds. The second-order valence-electron chi connectivity index (χ2n) is 9.21. The second-order valence-corrected chi connectivity index (χ2v) is 12.9. The third-order valence-corrected chi connectivity index (χ3v) is 10.7. The molecule has 0 fully saturated rings. The molecule has 0 saturated heterocycles. The minimum absolute atomic E-state index is 0.131. The van der Waals surface area contributed by atoms with Crippen LogP contribution in [0.25, 0.3) is 5.57 Å². The molecule has 3 aliphatic rings. The van der Waals surface area contributed by atoms with Crippen LogP contribution in [-0.2, 0) is 19.1 Å². The fraction of sp³-hybridized carbons (Fsp3) is 0.276. The monoisotopic (exact) mass is 565 g/mol. The molecule has 1 spiro atoms. The Balaban J connectivity index is 1.70. The highest BCUT2D eigenvalue weighted by Crippen LogP contribution is 2.66. The van der Waals surface area contributed by atoms with Crippen LogP contribution in [0.15, 0.2) is 80.8 Å². The standard InChI is InChI=1S/C29H27NO5S3/c1-5-34-26(32)21-16-29(36-17-22(38-29)27(33)35-6-2)23-19-14-10-11-15-20(19)30(28(3,4)24(23)37-21)25(31)18-12-8-7-9-13-18/h7-17H,5-6H2,1-4H3. The first-order valence-corrected chi connectivity index (χ1v) is 14.8. The second kappa shape index (κ2) is 10.4. The van der Waals surface area contributed by atoms with E-state index in [1.807, 2.05) is 79.4 Å². The quantitative estimate of drug-likeness (QED) is 0.375. The van der Waals surface area contributed by atoms with Crippen molar-refractivity contribution in [3.63, 3.8) is 0 Å². The molecule has 2 aromatic carbocycles. The van der Waals surface area contributed by atoms with Crippen LogP contribution in [0.4, 0.5) is 5.69 Å². The lowest BCUT2D eigenvalue weighted by Crippen LogP contribution is -2.53. The third-order valence-electron chi connectivity index (χ3n) is 6.42. The van der Waals surface area contributed by atoms with E-state index in [0.29, 0.717) is 15.4 Å². The average molecular weight is 566 g/mol. The van der Waals surface area contributed by atoms with Gasteiger partial charge in [-0.25, -0.2) is 9.59 Å². The van der Waals surface area contributed by atoms with Crippen molar-refractivity contribution in [1.29, 1.82) is 0 Å². The normalized spacial score (nSPS) is 21.3. The number of nitrogens with zero attached hydrogens (tertiary/aromatic N) is 1. The topological polar surface area (TPSA) is 72.9 Å². The zero-order chi connectivity index (χ0) is 27.1. The predicted molar refractivity (Wildman–Crippen MR) is 156 cm³/mol. The molecule has 0 aliphatic carbocycles. The number of benzene rings is 2. The number of carbonyl (C=O) groups is 3. The van der Waals surface area contributed by atoms with Crippen LogP contribution >= 0.6 is 35.3 Å². The van der Waals surface area contributed by atoms with Gasteiger partial charge in [0.2, 0.25) is 0 Å². The Labute approximate surface area is 234 Å². The molecule has 38 heavy (non-hydrogen) atoms. The van der Waals surface area contributed by atoms with Gasteiger partial charge in [0.1, 0.15) is 8.98 Å². The van der Waals surface area contributed by atoms with Gasteiger partial charge in [-0.3, -0.25) is 9.69 Å². The van der Waals surface area contributed by atoms with Crippen molar-refractivity contribution in [3.8, 4) is 0 Å².